The van der Waals surface area contributed by atoms with Crippen LogP contribution in [0.1, 0.15) is 31.4 Å². The number of Topliss-reactive ketones (excluding diaryl/α,β-unsaturated/α-hetero) is 2. The van der Waals surface area contributed by atoms with Crippen molar-refractivity contribution in [2.24, 2.45) is 11.3 Å². The number of hydrogen-bond donors (Lipinski definition) is 2. The minimum absolute atomic E-state index is 0.110. The molecule has 3 aliphatic rings. The molecule has 5 nitrogen and oxygen atoms in total. The van der Waals surface area contributed by atoms with Crippen molar-refractivity contribution >= 4 is 34.9 Å². The summed E-state index contributed by atoms with van der Waals surface area (Å²) in [6.45, 7) is 7.62. The normalized spacial score (nSPS) is 26.5. The lowest BCUT2D eigenvalue weighted by molar-refractivity contribution is -0.144. The van der Waals surface area contributed by atoms with Crippen LogP contribution in [0.3, 0.4) is 0 Å². The Morgan fingerprint density at radius 3 is 2.63 bits per heavy atom. The molecule has 2 N–H and O–H groups in total. The van der Waals surface area contributed by atoms with Gasteiger partial charge in [-0.25, -0.2) is 0 Å². The number of ketones is 2. The topological polar surface area (TPSA) is 75.3 Å². The molecule has 0 saturated heterocycles. The fourth-order valence-corrected chi connectivity index (χ4v) is 5.68. The van der Waals surface area contributed by atoms with E-state index >= 15 is 0 Å². The number of carbonyl (C=O) groups is 3. The maximum absolute atomic E-state index is 13.4. The third-order valence-corrected chi connectivity index (χ3v) is 7.37. The highest BCUT2D eigenvalue weighted by Crippen LogP contribution is 2.48. The molecule has 0 aromatic heterocycles. The van der Waals surface area contributed by atoms with E-state index in [1.54, 1.807) is 6.07 Å². The predicted octanol–water partition coefficient (Wildman–Crippen LogP) is 3.84. The minimum Gasteiger partial charge on any atom is -0.380 e. The predicted molar refractivity (Wildman–Crippen MR) is 120 cm³/mol. The molecular formula is C24H26N2O3S. The van der Waals surface area contributed by atoms with Gasteiger partial charge in [0.05, 0.1) is 22.1 Å². The molecule has 0 bridgehead atoms. The standard InChI is InChI=1S/C24H26N2O3S/c1-13-9-10-15(14(2)11-13)26-23(29)21(28)19-20(27)22-17(12-24(19,3)4)25-16-7-5-6-8-18(16)30-22/h5-11,16,18-19,25H,12H2,1-4H3,(H,26,29). The van der Waals surface area contributed by atoms with Crippen LogP contribution in [-0.2, 0) is 14.4 Å². The molecular weight excluding hydrogens is 396 g/mol. The van der Waals surface area contributed by atoms with Crippen molar-refractivity contribution < 1.29 is 14.4 Å². The van der Waals surface area contributed by atoms with Crippen molar-refractivity contribution in [3.63, 3.8) is 0 Å². The first-order chi connectivity index (χ1) is 14.2. The van der Waals surface area contributed by atoms with Gasteiger partial charge in [0.25, 0.3) is 5.91 Å². The summed E-state index contributed by atoms with van der Waals surface area (Å²) in [5, 5.41) is 6.29. The van der Waals surface area contributed by atoms with E-state index in [1.165, 1.54) is 11.8 Å². The molecule has 0 saturated carbocycles. The molecule has 1 amide bonds. The number of thioether (sulfide) groups is 1. The molecule has 30 heavy (non-hydrogen) atoms. The van der Waals surface area contributed by atoms with E-state index < -0.39 is 23.0 Å². The molecule has 0 fully saturated rings. The second-order valence-corrected chi connectivity index (χ2v) is 10.1. The molecule has 0 radical (unpaired) electrons. The molecule has 6 heteroatoms. The van der Waals surface area contributed by atoms with Crippen LogP contribution in [0.4, 0.5) is 5.69 Å². The average Bonchev–Trinajstić information content (AvgIpc) is 2.68. The summed E-state index contributed by atoms with van der Waals surface area (Å²) in [4.78, 5) is 39.9. The Morgan fingerprint density at radius 1 is 1.17 bits per heavy atom. The van der Waals surface area contributed by atoms with Crippen molar-refractivity contribution in [3.05, 3.63) is 64.2 Å². The molecule has 1 aromatic rings. The highest BCUT2D eigenvalue weighted by atomic mass is 32.2. The van der Waals surface area contributed by atoms with E-state index in [4.69, 9.17) is 0 Å². The zero-order chi connectivity index (χ0) is 21.6. The van der Waals surface area contributed by atoms with E-state index in [2.05, 4.69) is 22.8 Å². The van der Waals surface area contributed by atoms with Crippen LogP contribution in [0.15, 0.2) is 53.1 Å². The summed E-state index contributed by atoms with van der Waals surface area (Å²) in [5.41, 5.74) is 2.78. The SMILES string of the molecule is Cc1ccc(NC(=O)C(=O)C2C(=O)C3=C(CC2(C)C)NC2C=CC=CC2S3)c(C)c1. The number of nitrogens with one attached hydrogen (secondary N) is 2. The smallest absolute Gasteiger partial charge is 0.292 e. The fourth-order valence-electron chi connectivity index (χ4n) is 4.43. The zero-order valence-electron chi connectivity index (χ0n) is 17.6. The third-order valence-electron chi connectivity index (χ3n) is 5.97. The molecule has 1 aliphatic heterocycles. The molecule has 1 aromatic carbocycles. The monoisotopic (exact) mass is 422 g/mol. The van der Waals surface area contributed by atoms with Crippen molar-refractivity contribution in [3.8, 4) is 0 Å². The second kappa shape index (κ2) is 7.58. The van der Waals surface area contributed by atoms with E-state index in [0.29, 0.717) is 17.0 Å². The highest BCUT2D eigenvalue weighted by Gasteiger charge is 2.50. The van der Waals surface area contributed by atoms with E-state index in [-0.39, 0.29) is 17.1 Å². The Kier molecular flexibility index (Phi) is 5.22. The largest absolute Gasteiger partial charge is 0.380 e. The molecule has 2 aliphatic carbocycles. The highest BCUT2D eigenvalue weighted by molar-refractivity contribution is 8.04. The lowest BCUT2D eigenvalue weighted by Crippen LogP contribution is -2.51. The number of rotatable bonds is 3. The van der Waals surface area contributed by atoms with Gasteiger partial charge in [-0.05, 0) is 37.3 Å². The Bertz CT molecular complexity index is 1030. The van der Waals surface area contributed by atoms with Gasteiger partial charge < -0.3 is 10.6 Å². The zero-order valence-corrected chi connectivity index (χ0v) is 18.4. The van der Waals surface area contributed by atoms with Gasteiger partial charge in [0.2, 0.25) is 5.78 Å². The number of amides is 1. The van der Waals surface area contributed by atoms with Crippen LogP contribution in [0.2, 0.25) is 0 Å². The summed E-state index contributed by atoms with van der Waals surface area (Å²) >= 11 is 1.49. The number of allylic oxidation sites excluding steroid dienone is 4. The van der Waals surface area contributed by atoms with Gasteiger partial charge >= 0.3 is 0 Å². The van der Waals surface area contributed by atoms with Crippen LogP contribution in [0.5, 0.6) is 0 Å². The lowest BCUT2D eigenvalue weighted by atomic mass is 9.67. The van der Waals surface area contributed by atoms with Crippen LogP contribution >= 0.6 is 11.8 Å². The maximum Gasteiger partial charge on any atom is 0.292 e. The Hall–Kier alpha value is -2.60. The number of anilines is 1. The first-order valence-corrected chi connectivity index (χ1v) is 11.0. The fraction of sp³-hybridized carbons (Fsp3) is 0.375. The van der Waals surface area contributed by atoms with E-state index in [1.807, 2.05) is 52.0 Å². The van der Waals surface area contributed by atoms with E-state index in [9.17, 15) is 14.4 Å². The van der Waals surface area contributed by atoms with Crippen LogP contribution < -0.4 is 10.6 Å². The van der Waals surface area contributed by atoms with Crippen molar-refractivity contribution in [2.45, 2.75) is 45.4 Å². The van der Waals surface area contributed by atoms with Gasteiger partial charge in [0.1, 0.15) is 0 Å². The van der Waals surface area contributed by atoms with Gasteiger partial charge in [0.15, 0.2) is 5.78 Å². The Morgan fingerprint density at radius 2 is 1.90 bits per heavy atom. The Labute approximate surface area is 181 Å². The van der Waals surface area contributed by atoms with E-state index in [0.717, 1.165) is 16.8 Å². The van der Waals surface area contributed by atoms with Gasteiger partial charge in [-0.1, -0.05) is 55.8 Å². The molecule has 156 valence electrons. The number of benzene rings is 1. The minimum atomic E-state index is -0.990. The van der Waals surface area contributed by atoms with Crippen molar-refractivity contribution in [1.82, 2.24) is 5.32 Å². The van der Waals surface area contributed by atoms with Crippen molar-refractivity contribution in [1.29, 1.82) is 0 Å². The van der Waals surface area contributed by atoms with Crippen LogP contribution in [-0.4, -0.2) is 28.8 Å². The third kappa shape index (κ3) is 3.65. The number of fused-ring (bicyclic) bond motifs is 1. The summed E-state index contributed by atoms with van der Waals surface area (Å²) in [5.74, 6) is -2.64. The summed E-state index contributed by atoms with van der Waals surface area (Å²) in [6, 6.07) is 5.75. The van der Waals surface area contributed by atoms with Gasteiger partial charge in [-0.2, -0.15) is 0 Å². The molecule has 0 spiro atoms. The summed E-state index contributed by atoms with van der Waals surface area (Å²) in [6.07, 6.45) is 8.67. The first kappa shape index (κ1) is 20.7. The lowest BCUT2D eigenvalue weighted by Gasteiger charge is -2.43. The van der Waals surface area contributed by atoms with Crippen molar-refractivity contribution in [2.75, 3.05) is 5.32 Å². The summed E-state index contributed by atoms with van der Waals surface area (Å²) in [7, 11) is 0. The first-order valence-electron chi connectivity index (χ1n) is 10.2. The second-order valence-electron chi connectivity index (χ2n) is 8.93. The maximum atomic E-state index is 13.4. The molecule has 3 atom stereocenters. The number of hydrogen-bond acceptors (Lipinski definition) is 5. The van der Waals surface area contributed by atoms with Gasteiger partial charge in [-0.3, -0.25) is 14.4 Å². The number of aryl methyl sites for hydroxylation is 2. The molecule has 1 heterocycles. The van der Waals surface area contributed by atoms with Crippen LogP contribution in [0, 0.1) is 25.2 Å². The molecule has 3 unspecified atom stereocenters. The quantitative estimate of drug-likeness (QED) is 0.572. The van der Waals surface area contributed by atoms with Gasteiger partial charge in [-0.15, -0.1) is 11.8 Å². The summed E-state index contributed by atoms with van der Waals surface area (Å²) < 4.78 is 0. The van der Waals surface area contributed by atoms with Crippen LogP contribution in [0.25, 0.3) is 0 Å². The Balaban J connectivity index is 1.59. The van der Waals surface area contributed by atoms with Gasteiger partial charge in [0, 0.05) is 11.4 Å². The average molecular weight is 423 g/mol. The molecule has 4 rings (SSSR count). The number of carbonyl (C=O) groups excluding carboxylic acids is 3.